The molecule has 0 aliphatic rings. The van der Waals surface area contributed by atoms with Gasteiger partial charge in [0.1, 0.15) is 0 Å². The Morgan fingerprint density at radius 2 is 1.80 bits per heavy atom. The highest BCUT2D eigenvalue weighted by molar-refractivity contribution is 5.83. The Labute approximate surface area is 119 Å². The fraction of sp³-hybridized carbons (Fsp3) is 0.176. The molecule has 20 heavy (non-hydrogen) atoms. The summed E-state index contributed by atoms with van der Waals surface area (Å²) in [6.07, 6.45) is 2.84. The monoisotopic (exact) mass is 266 g/mol. The third-order valence-corrected chi connectivity index (χ3v) is 3.06. The lowest BCUT2D eigenvalue weighted by atomic mass is 10.1. The summed E-state index contributed by atoms with van der Waals surface area (Å²) in [4.78, 5) is 11.7. The zero-order valence-electron chi connectivity index (χ0n) is 11.5. The zero-order valence-corrected chi connectivity index (χ0v) is 11.5. The van der Waals surface area contributed by atoms with Gasteiger partial charge in [-0.05, 0) is 30.0 Å². The van der Waals surface area contributed by atoms with Crippen LogP contribution in [0.1, 0.15) is 23.1 Å². The van der Waals surface area contributed by atoms with E-state index in [1.54, 1.807) is 6.21 Å². The lowest BCUT2D eigenvalue weighted by Gasteiger charge is -2.01. The molecule has 0 bridgehead atoms. The molecule has 0 fully saturated rings. The molecule has 2 rings (SSSR count). The summed E-state index contributed by atoms with van der Waals surface area (Å²) >= 11 is 0. The van der Waals surface area contributed by atoms with E-state index in [1.807, 2.05) is 61.5 Å². The Morgan fingerprint density at radius 1 is 1.10 bits per heavy atom. The Kier molecular flexibility index (Phi) is 5.07. The van der Waals surface area contributed by atoms with Gasteiger partial charge in [-0.25, -0.2) is 5.43 Å². The number of carbonyl (C=O) groups excluding carboxylic acids is 1. The first kappa shape index (κ1) is 14.0. The maximum absolute atomic E-state index is 11.7. The lowest BCUT2D eigenvalue weighted by molar-refractivity contribution is -0.121. The van der Waals surface area contributed by atoms with Gasteiger partial charge in [0.05, 0.1) is 6.21 Å². The Balaban J connectivity index is 1.79. The number of hydrogen-bond acceptors (Lipinski definition) is 2. The largest absolute Gasteiger partial charge is 0.273 e. The molecule has 0 aliphatic carbocycles. The molecule has 0 saturated carbocycles. The summed E-state index contributed by atoms with van der Waals surface area (Å²) < 4.78 is 0. The van der Waals surface area contributed by atoms with E-state index in [0.29, 0.717) is 6.42 Å². The highest BCUT2D eigenvalue weighted by Gasteiger charge is 2.00. The predicted molar refractivity (Wildman–Crippen MR) is 81.7 cm³/mol. The maximum atomic E-state index is 11.7. The quantitative estimate of drug-likeness (QED) is 0.656. The second-order valence-corrected chi connectivity index (χ2v) is 4.64. The molecule has 0 heterocycles. The standard InChI is InChI=1S/C17H18N2O/c1-14-7-5-6-10-16(14)13-18-19-17(20)12-11-15-8-3-2-4-9-15/h2-10,13H,11-12H2,1H3,(H,19,20)/b18-13+. The number of hydrazone groups is 1. The molecule has 0 radical (unpaired) electrons. The van der Waals surface area contributed by atoms with Crippen molar-refractivity contribution in [3.8, 4) is 0 Å². The van der Waals surface area contributed by atoms with Crippen LogP contribution in [0.25, 0.3) is 0 Å². The predicted octanol–water partition coefficient (Wildman–Crippen LogP) is 3.08. The van der Waals surface area contributed by atoms with Crippen LogP contribution in [-0.4, -0.2) is 12.1 Å². The Bertz CT molecular complexity index is 591. The van der Waals surface area contributed by atoms with Crippen LogP contribution in [-0.2, 0) is 11.2 Å². The van der Waals surface area contributed by atoms with Crippen LogP contribution >= 0.6 is 0 Å². The van der Waals surface area contributed by atoms with Gasteiger partial charge in [0.15, 0.2) is 0 Å². The van der Waals surface area contributed by atoms with E-state index in [1.165, 1.54) is 0 Å². The number of aryl methyl sites for hydroxylation is 2. The second-order valence-electron chi connectivity index (χ2n) is 4.64. The minimum atomic E-state index is -0.0707. The number of nitrogens with zero attached hydrogens (tertiary/aromatic N) is 1. The average Bonchev–Trinajstić information content (AvgIpc) is 2.48. The Morgan fingerprint density at radius 3 is 2.55 bits per heavy atom. The van der Waals surface area contributed by atoms with Crippen molar-refractivity contribution < 1.29 is 4.79 Å². The number of nitrogens with one attached hydrogen (secondary N) is 1. The van der Waals surface area contributed by atoms with Gasteiger partial charge < -0.3 is 0 Å². The second kappa shape index (κ2) is 7.24. The minimum Gasteiger partial charge on any atom is -0.273 e. The van der Waals surface area contributed by atoms with Crippen LogP contribution in [0, 0.1) is 6.92 Å². The maximum Gasteiger partial charge on any atom is 0.240 e. The summed E-state index contributed by atoms with van der Waals surface area (Å²) in [6.45, 7) is 2.01. The molecule has 102 valence electrons. The van der Waals surface area contributed by atoms with Gasteiger partial charge >= 0.3 is 0 Å². The van der Waals surface area contributed by atoms with Crippen molar-refractivity contribution in [1.82, 2.24) is 5.43 Å². The van der Waals surface area contributed by atoms with E-state index < -0.39 is 0 Å². The van der Waals surface area contributed by atoms with Crippen molar-refractivity contribution in [2.24, 2.45) is 5.10 Å². The average molecular weight is 266 g/mol. The summed E-state index contributed by atoms with van der Waals surface area (Å²) in [5, 5.41) is 3.99. The van der Waals surface area contributed by atoms with E-state index in [-0.39, 0.29) is 5.91 Å². The first-order valence-corrected chi connectivity index (χ1v) is 6.67. The van der Waals surface area contributed by atoms with Gasteiger partial charge in [-0.3, -0.25) is 4.79 Å². The molecule has 0 aromatic heterocycles. The van der Waals surface area contributed by atoms with E-state index >= 15 is 0 Å². The number of rotatable bonds is 5. The van der Waals surface area contributed by atoms with Gasteiger partial charge in [-0.15, -0.1) is 0 Å². The molecule has 2 aromatic rings. The topological polar surface area (TPSA) is 41.5 Å². The van der Waals surface area contributed by atoms with Crippen molar-refractivity contribution >= 4 is 12.1 Å². The van der Waals surface area contributed by atoms with Crippen LogP contribution in [0.5, 0.6) is 0 Å². The van der Waals surface area contributed by atoms with Gasteiger partial charge in [0, 0.05) is 6.42 Å². The van der Waals surface area contributed by atoms with Crippen molar-refractivity contribution in [3.63, 3.8) is 0 Å². The van der Waals surface area contributed by atoms with Crippen LogP contribution in [0.2, 0.25) is 0 Å². The molecule has 0 saturated heterocycles. The Hall–Kier alpha value is -2.42. The fourth-order valence-corrected chi connectivity index (χ4v) is 1.86. The lowest BCUT2D eigenvalue weighted by Crippen LogP contribution is -2.17. The van der Waals surface area contributed by atoms with Gasteiger partial charge in [-0.1, -0.05) is 54.6 Å². The van der Waals surface area contributed by atoms with E-state index in [4.69, 9.17) is 0 Å². The van der Waals surface area contributed by atoms with E-state index in [9.17, 15) is 4.79 Å². The van der Waals surface area contributed by atoms with Gasteiger partial charge in [-0.2, -0.15) is 5.10 Å². The summed E-state index contributed by atoms with van der Waals surface area (Å²) in [5.41, 5.74) is 5.86. The molecule has 1 N–H and O–H groups in total. The summed E-state index contributed by atoms with van der Waals surface area (Å²) in [5.74, 6) is -0.0707. The van der Waals surface area contributed by atoms with Crippen LogP contribution in [0.15, 0.2) is 59.7 Å². The molecule has 2 aromatic carbocycles. The smallest absolute Gasteiger partial charge is 0.240 e. The van der Waals surface area contributed by atoms with Crippen LogP contribution in [0.4, 0.5) is 0 Å². The molecule has 3 nitrogen and oxygen atoms in total. The number of amides is 1. The van der Waals surface area contributed by atoms with Gasteiger partial charge in [0.2, 0.25) is 5.91 Å². The molecular formula is C17H18N2O. The van der Waals surface area contributed by atoms with Crippen molar-refractivity contribution in [3.05, 3.63) is 71.3 Å². The SMILES string of the molecule is Cc1ccccc1/C=N/NC(=O)CCc1ccccc1. The van der Waals surface area contributed by atoms with Crippen LogP contribution < -0.4 is 5.43 Å². The third-order valence-electron chi connectivity index (χ3n) is 3.06. The number of benzene rings is 2. The summed E-state index contributed by atoms with van der Waals surface area (Å²) in [7, 11) is 0. The highest BCUT2D eigenvalue weighted by Crippen LogP contribution is 2.04. The molecule has 0 unspecified atom stereocenters. The molecule has 3 heteroatoms. The first-order chi connectivity index (χ1) is 9.75. The first-order valence-electron chi connectivity index (χ1n) is 6.67. The third kappa shape index (κ3) is 4.35. The normalized spacial score (nSPS) is 10.7. The fourth-order valence-electron chi connectivity index (χ4n) is 1.86. The molecule has 0 atom stereocenters. The van der Waals surface area contributed by atoms with Gasteiger partial charge in [0.25, 0.3) is 0 Å². The molecule has 0 spiro atoms. The molecule has 1 amide bonds. The van der Waals surface area contributed by atoms with Crippen molar-refractivity contribution in [2.75, 3.05) is 0 Å². The van der Waals surface area contributed by atoms with Crippen molar-refractivity contribution in [1.29, 1.82) is 0 Å². The minimum absolute atomic E-state index is 0.0707. The van der Waals surface area contributed by atoms with Crippen molar-refractivity contribution in [2.45, 2.75) is 19.8 Å². The molecular weight excluding hydrogens is 248 g/mol. The number of carbonyl (C=O) groups is 1. The summed E-state index contributed by atoms with van der Waals surface area (Å²) in [6, 6.07) is 17.9. The van der Waals surface area contributed by atoms with Crippen LogP contribution in [0.3, 0.4) is 0 Å². The molecule has 0 aliphatic heterocycles. The van der Waals surface area contributed by atoms with E-state index in [2.05, 4.69) is 10.5 Å². The number of hydrogen-bond donors (Lipinski definition) is 1. The van der Waals surface area contributed by atoms with E-state index in [0.717, 1.165) is 23.1 Å². The highest BCUT2D eigenvalue weighted by atomic mass is 16.2. The zero-order chi connectivity index (χ0) is 14.2.